The quantitative estimate of drug-likeness (QED) is 0.481. The standard InChI is InChI=1S/C7H8O3S.C6H10O2.C5H13N/c1-6-2-4-7(5-3-6)11(8,9)10;1-4-8-6(7)5(2)3;1-4-6(3)5-2/h2-5H,1H3,(H,8,9,10);2,4H2,1,3H3;4-5H2,1-3H3. The number of esters is 1. The number of aryl methyl sites for hydroxylation is 1. The zero-order valence-corrected chi connectivity index (χ0v) is 16.9. The second-order valence-corrected chi connectivity index (χ2v) is 6.81. The van der Waals surface area contributed by atoms with Crippen LogP contribution in [0.2, 0.25) is 0 Å². The minimum Gasteiger partial charge on any atom is -0.744 e. The van der Waals surface area contributed by atoms with Crippen molar-refractivity contribution < 1.29 is 27.4 Å². The van der Waals surface area contributed by atoms with Gasteiger partial charge in [-0.2, -0.15) is 0 Å². The van der Waals surface area contributed by atoms with Gasteiger partial charge in [0.25, 0.3) is 0 Å². The van der Waals surface area contributed by atoms with E-state index in [0.717, 1.165) is 5.56 Å². The Kier molecular flexibility index (Phi) is 13.9. The Hall–Kier alpha value is -1.70. The number of benzene rings is 1. The van der Waals surface area contributed by atoms with E-state index in [1.807, 2.05) is 6.92 Å². The average Bonchev–Trinajstić information content (AvgIpc) is 2.55. The summed E-state index contributed by atoms with van der Waals surface area (Å²) < 4.78 is 35.7. The second-order valence-electron chi connectivity index (χ2n) is 5.43. The van der Waals surface area contributed by atoms with E-state index < -0.39 is 10.1 Å². The molecular formula is C18H31NO5S. The van der Waals surface area contributed by atoms with Gasteiger partial charge in [0, 0.05) is 5.57 Å². The lowest BCUT2D eigenvalue weighted by Crippen LogP contribution is -3.08. The Labute approximate surface area is 152 Å². The van der Waals surface area contributed by atoms with E-state index in [2.05, 4.69) is 32.2 Å². The third-order valence-corrected chi connectivity index (χ3v) is 3.99. The van der Waals surface area contributed by atoms with E-state index in [4.69, 9.17) is 0 Å². The maximum atomic E-state index is 10.4. The van der Waals surface area contributed by atoms with Crippen LogP contribution in [0, 0.1) is 6.92 Å². The van der Waals surface area contributed by atoms with Gasteiger partial charge in [-0.25, -0.2) is 13.2 Å². The summed E-state index contributed by atoms with van der Waals surface area (Å²) in [7, 11) is -2.08. The van der Waals surface area contributed by atoms with Gasteiger partial charge in [0.05, 0.1) is 31.6 Å². The molecule has 0 bridgehead atoms. The van der Waals surface area contributed by atoms with Gasteiger partial charge in [0.15, 0.2) is 0 Å². The molecular weight excluding hydrogens is 342 g/mol. The molecule has 25 heavy (non-hydrogen) atoms. The fourth-order valence-electron chi connectivity index (χ4n) is 1.21. The SMILES string of the molecule is C=C(C)C(=O)OCC.CC[NH+](C)CC.Cc1ccc(S(=O)(=O)[O-])cc1. The lowest BCUT2D eigenvalue weighted by Gasteiger charge is -2.05. The van der Waals surface area contributed by atoms with E-state index in [9.17, 15) is 17.8 Å². The Bertz CT molecular complexity index is 605. The highest BCUT2D eigenvalue weighted by molar-refractivity contribution is 7.85. The molecule has 0 aliphatic rings. The smallest absolute Gasteiger partial charge is 0.333 e. The summed E-state index contributed by atoms with van der Waals surface area (Å²) in [5.74, 6) is -0.312. The molecule has 0 unspecified atom stereocenters. The van der Waals surface area contributed by atoms with Gasteiger partial charge in [0.1, 0.15) is 10.1 Å². The van der Waals surface area contributed by atoms with Gasteiger partial charge in [-0.15, -0.1) is 0 Å². The first-order valence-electron chi connectivity index (χ1n) is 8.15. The zero-order valence-electron chi connectivity index (χ0n) is 16.1. The topological polar surface area (TPSA) is 87.9 Å². The number of carbonyl (C=O) groups is 1. The van der Waals surface area contributed by atoms with Crippen molar-refractivity contribution in [1.29, 1.82) is 0 Å². The van der Waals surface area contributed by atoms with Crippen LogP contribution in [0.1, 0.15) is 33.3 Å². The fraction of sp³-hybridized carbons (Fsp3) is 0.500. The van der Waals surface area contributed by atoms with E-state index in [-0.39, 0.29) is 10.9 Å². The maximum absolute atomic E-state index is 10.4. The normalized spacial score (nSPS) is 10.1. The summed E-state index contributed by atoms with van der Waals surface area (Å²) in [6.45, 7) is 15.9. The van der Waals surface area contributed by atoms with E-state index in [1.54, 1.807) is 30.9 Å². The zero-order chi connectivity index (χ0) is 20.0. The van der Waals surface area contributed by atoms with Crippen molar-refractivity contribution in [2.45, 2.75) is 39.5 Å². The van der Waals surface area contributed by atoms with Gasteiger partial charge in [0.2, 0.25) is 0 Å². The molecule has 0 radical (unpaired) electrons. The van der Waals surface area contributed by atoms with Crippen LogP contribution in [-0.2, 0) is 19.6 Å². The summed E-state index contributed by atoms with van der Waals surface area (Å²) in [5.41, 5.74) is 1.38. The van der Waals surface area contributed by atoms with Crippen molar-refractivity contribution in [3.05, 3.63) is 42.0 Å². The third kappa shape index (κ3) is 14.4. The van der Waals surface area contributed by atoms with Crippen molar-refractivity contribution in [3.63, 3.8) is 0 Å². The molecule has 0 fully saturated rings. The van der Waals surface area contributed by atoms with Gasteiger partial charge in [-0.05, 0) is 46.8 Å². The minimum absolute atomic E-state index is 0.178. The molecule has 0 heterocycles. The van der Waals surface area contributed by atoms with Crippen LogP contribution in [-0.4, -0.2) is 45.7 Å². The number of hydrogen-bond donors (Lipinski definition) is 1. The highest BCUT2D eigenvalue weighted by Crippen LogP contribution is 2.08. The molecule has 0 spiro atoms. The van der Waals surface area contributed by atoms with Crippen LogP contribution < -0.4 is 4.90 Å². The lowest BCUT2D eigenvalue weighted by atomic mass is 10.2. The van der Waals surface area contributed by atoms with E-state index in [1.165, 1.54) is 25.2 Å². The molecule has 1 aromatic rings. The lowest BCUT2D eigenvalue weighted by molar-refractivity contribution is -0.875. The molecule has 0 aromatic heterocycles. The molecule has 6 nitrogen and oxygen atoms in total. The van der Waals surface area contributed by atoms with Crippen LogP contribution in [0.15, 0.2) is 41.3 Å². The molecule has 144 valence electrons. The third-order valence-electron chi connectivity index (χ3n) is 3.14. The largest absolute Gasteiger partial charge is 0.744 e. The first-order chi connectivity index (χ1) is 11.5. The second kappa shape index (κ2) is 13.6. The first-order valence-corrected chi connectivity index (χ1v) is 9.56. The van der Waals surface area contributed by atoms with Crippen molar-refractivity contribution >= 4 is 16.1 Å². The van der Waals surface area contributed by atoms with Gasteiger partial charge in [-0.3, -0.25) is 0 Å². The summed E-state index contributed by atoms with van der Waals surface area (Å²) in [6, 6.07) is 5.78. The summed E-state index contributed by atoms with van der Waals surface area (Å²) in [5, 5.41) is 0. The fourth-order valence-corrected chi connectivity index (χ4v) is 1.68. The molecule has 0 atom stereocenters. The molecule has 0 saturated heterocycles. The Morgan fingerprint density at radius 3 is 1.80 bits per heavy atom. The number of ether oxygens (including phenoxy) is 1. The monoisotopic (exact) mass is 373 g/mol. The number of rotatable bonds is 5. The Morgan fingerprint density at radius 2 is 1.60 bits per heavy atom. The van der Waals surface area contributed by atoms with Gasteiger partial charge < -0.3 is 14.2 Å². The Balaban J connectivity index is 0. The molecule has 1 rings (SSSR count). The van der Waals surface area contributed by atoms with E-state index in [0.29, 0.717) is 12.2 Å². The van der Waals surface area contributed by atoms with Crippen LogP contribution >= 0.6 is 0 Å². The molecule has 1 aromatic carbocycles. The average molecular weight is 374 g/mol. The van der Waals surface area contributed by atoms with Gasteiger partial charge >= 0.3 is 5.97 Å². The van der Waals surface area contributed by atoms with Crippen molar-refractivity contribution in [2.24, 2.45) is 0 Å². The predicted molar refractivity (Wildman–Crippen MR) is 98.6 cm³/mol. The van der Waals surface area contributed by atoms with Crippen molar-refractivity contribution in [3.8, 4) is 0 Å². The number of quaternary nitrogens is 1. The minimum atomic E-state index is -4.27. The Morgan fingerprint density at radius 1 is 1.16 bits per heavy atom. The summed E-state index contributed by atoms with van der Waals surface area (Å²) in [4.78, 5) is 11.8. The maximum Gasteiger partial charge on any atom is 0.333 e. The molecule has 7 heteroatoms. The molecule has 0 aliphatic carbocycles. The number of hydrogen-bond acceptors (Lipinski definition) is 5. The molecule has 0 aliphatic heterocycles. The number of nitrogens with one attached hydrogen (secondary N) is 1. The predicted octanol–water partition coefficient (Wildman–Crippen LogP) is 1.57. The molecule has 0 amide bonds. The van der Waals surface area contributed by atoms with Crippen LogP contribution in [0.5, 0.6) is 0 Å². The highest BCUT2D eigenvalue weighted by atomic mass is 32.2. The van der Waals surface area contributed by atoms with E-state index >= 15 is 0 Å². The van der Waals surface area contributed by atoms with Gasteiger partial charge in [-0.1, -0.05) is 24.3 Å². The highest BCUT2D eigenvalue weighted by Gasteiger charge is 1.98. The number of carbonyl (C=O) groups excluding carboxylic acids is 1. The summed E-state index contributed by atoms with van der Waals surface area (Å²) in [6.07, 6.45) is 0. The first kappa shape index (κ1) is 25.5. The van der Waals surface area contributed by atoms with Crippen molar-refractivity contribution in [2.75, 3.05) is 26.7 Å². The van der Waals surface area contributed by atoms with Crippen LogP contribution in [0.4, 0.5) is 0 Å². The molecule has 1 N–H and O–H groups in total. The van der Waals surface area contributed by atoms with Crippen LogP contribution in [0.3, 0.4) is 0 Å². The van der Waals surface area contributed by atoms with Crippen molar-refractivity contribution in [1.82, 2.24) is 0 Å². The van der Waals surface area contributed by atoms with Crippen LogP contribution in [0.25, 0.3) is 0 Å². The molecule has 0 saturated carbocycles. The summed E-state index contributed by atoms with van der Waals surface area (Å²) >= 11 is 0.